The fourth-order valence-corrected chi connectivity index (χ4v) is 4.24. The molecule has 3 heterocycles. The van der Waals surface area contributed by atoms with Crippen LogP contribution < -0.4 is 11.1 Å². The topological polar surface area (TPSA) is 127 Å². The van der Waals surface area contributed by atoms with Gasteiger partial charge in [0.15, 0.2) is 11.3 Å². The van der Waals surface area contributed by atoms with Gasteiger partial charge in [0.1, 0.15) is 17.2 Å². The highest BCUT2D eigenvalue weighted by molar-refractivity contribution is 6.02. The first-order valence-corrected chi connectivity index (χ1v) is 10.6. The summed E-state index contributed by atoms with van der Waals surface area (Å²) < 4.78 is 15.8. The summed E-state index contributed by atoms with van der Waals surface area (Å²) in [5.41, 5.74) is 8.90. The lowest BCUT2D eigenvalue weighted by atomic mass is 10.1. The van der Waals surface area contributed by atoms with E-state index < -0.39 is 5.91 Å². The molecule has 4 aromatic rings. The van der Waals surface area contributed by atoms with Gasteiger partial charge in [0.25, 0.3) is 5.91 Å². The highest BCUT2D eigenvalue weighted by atomic mass is 19.1. The predicted molar refractivity (Wildman–Crippen MR) is 117 cm³/mol. The number of aromatic nitrogens is 6. The molecule has 5 rings (SSSR count). The van der Waals surface area contributed by atoms with Crippen molar-refractivity contribution in [2.45, 2.75) is 38.1 Å². The third-order valence-corrected chi connectivity index (χ3v) is 5.79. The van der Waals surface area contributed by atoms with E-state index >= 15 is 0 Å². The molecule has 0 unspecified atom stereocenters. The van der Waals surface area contributed by atoms with Crippen LogP contribution in [-0.4, -0.2) is 35.6 Å². The molecule has 32 heavy (non-hydrogen) atoms. The Hall–Kier alpha value is -3.82. The van der Waals surface area contributed by atoms with E-state index in [1.165, 1.54) is 12.1 Å². The number of amides is 1. The molecule has 3 aromatic heterocycles. The molecule has 9 nitrogen and oxygen atoms in total. The minimum atomic E-state index is -0.432. The van der Waals surface area contributed by atoms with Crippen LogP contribution >= 0.6 is 0 Å². The maximum atomic E-state index is 14.2. The number of nitrogens with one attached hydrogen (secondary N) is 2. The summed E-state index contributed by atoms with van der Waals surface area (Å²) in [4.78, 5) is 29.0. The predicted octanol–water partition coefficient (Wildman–Crippen LogP) is 3.06. The molecular weight excluding hydrogens is 411 g/mol. The van der Waals surface area contributed by atoms with E-state index in [0.29, 0.717) is 28.2 Å². The zero-order valence-corrected chi connectivity index (χ0v) is 17.6. The van der Waals surface area contributed by atoms with E-state index in [1.54, 1.807) is 24.1 Å². The third kappa shape index (κ3) is 3.91. The van der Waals surface area contributed by atoms with Crippen LogP contribution in [0.5, 0.6) is 0 Å². The number of H-pyrrole nitrogens is 1. The van der Waals surface area contributed by atoms with Gasteiger partial charge in [-0.15, -0.1) is 0 Å². The molecule has 1 saturated carbocycles. The molecule has 0 atom stereocenters. The summed E-state index contributed by atoms with van der Waals surface area (Å²) >= 11 is 0. The standard InChI is InChI=1S/C22H23FN8O/c1-31-11-15(10-26-31)14-6-12(7-16(23)8-14)9-25-21(32)18-17-20(30-22(24)28-18)29-19(27-17)13-4-2-3-5-13/h6-8,10-11,13H,2-5,9H2,1H3,(H,25,32)(H3,24,27,28,29,30). The minimum Gasteiger partial charge on any atom is -0.368 e. The number of nitrogens with zero attached hydrogens (tertiary/aromatic N) is 5. The normalized spacial score (nSPS) is 14.3. The Morgan fingerprint density at radius 1 is 1.22 bits per heavy atom. The van der Waals surface area contributed by atoms with Crippen LogP contribution in [0, 0.1) is 5.82 Å². The van der Waals surface area contributed by atoms with Gasteiger partial charge < -0.3 is 16.0 Å². The third-order valence-electron chi connectivity index (χ3n) is 5.79. The van der Waals surface area contributed by atoms with E-state index in [4.69, 9.17) is 5.73 Å². The van der Waals surface area contributed by atoms with Crippen LogP contribution in [0.3, 0.4) is 0 Å². The van der Waals surface area contributed by atoms with Crippen LogP contribution in [0.4, 0.5) is 10.3 Å². The van der Waals surface area contributed by atoms with Crippen LogP contribution in [0.25, 0.3) is 22.3 Å². The number of hydrogen-bond donors (Lipinski definition) is 3. The van der Waals surface area contributed by atoms with E-state index in [0.717, 1.165) is 37.1 Å². The van der Waals surface area contributed by atoms with Crippen molar-refractivity contribution < 1.29 is 9.18 Å². The Balaban J connectivity index is 1.39. The number of rotatable bonds is 5. The number of fused-ring (bicyclic) bond motifs is 1. The van der Waals surface area contributed by atoms with Crippen LogP contribution in [0.1, 0.15) is 53.5 Å². The van der Waals surface area contributed by atoms with Crippen LogP contribution in [-0.2, 0) is 13.6 Å². The summed E-state index contributed by atoms with van der Waals surface area (Å²) in [5, 5.41) is 6.93. The van der Waals surface area contributed by atoms with Gasteiger partial charge in [0.2, 0.25) is 5.95 Å². The highest BCUT2D eigenvalue weighted by Gasteiger charge is 2.24. The maximum absolute atomic E-state index is 14.2. The molecule has 0 spiro atoms. The number of aryl methyl sites for hydroxylation is 1. The van der Waals surface area contributed by atoms with Crippen molar-refractivity contribution in [1.82, 2.24) is 35.0 Å². The van der Waals surface area contributed by atoms with Gasteiger partial charge >= 0.3 is 0 Å². The van der Waals surface area contributed by atoms with Gasteiger partial charge in [0.05, 0.1) is 6.20 Å². The number of carbonyl (C=O) groups excluding carboxylic acids is 1. The number of nitrogens with two attached hydrogens (primary N) is 1. The van der Waals surface area contributed by atoms with E-state index in [1.807, 2.05) is 6.07 Å². The molecule has 1 fully saturated rings. The van der Waals surface area contributed by atoms with Crippen LogP contribution in [0.2, 0.25) is 0 Å². The molecule has 4 N–H and O–H groups in total. The number of carbonyl (C=O) groups is 1. The van der Waals surface area contributed by atoms with Gasteiger partial charge in [0, 0.05) is 31.3 Å². The number of nitrogen functional groups attached to an aromatic ring is 1. The van der Waals surface area contributed by atoms with Gasteiger partial charge in [-0.2, -0.15) is 10.1 Å². The Morgan fingerprint density at radius 2 is 2.03 bits per heavy atom. The molecule has 1 aromatic carbocycles. The van der Waals surface area contributed by atoms with Gasteiger partial charge in [-0.1, -0.05) is 12.8 Å². The summed E-state index contributed by atoms with van der Waals surface area (Å²) in [6, 6.07) is 4.64. The summed E-state index contributed by atoms with van der Waals surface area (Å²) in [5.74, 6) is 0.311. The quantitative estimate of drug-likeness (QED) is 0.443. The molecule has 0 radical (unpaired) electrons. The minimum absolute atomic E-state index is 0.0169. The first kappa shape index (κ1) is 20.1. The van der Waals surface area contributed by atoms with Gasteiger partial charge in [-0.25, -0.2) is 14.4 Å². The first-order valence-electron chi connectivity index (χ1n) is 10.6. The second kappa shape index (κ2) is 8.03. The number of imidazole rings is 1. The number of anilines is 1. The Labute approximate surface area is 183 Å². The zero-order valence-electron chi connectivity index (χ0n) is 17.6. The fraction of sp³-hybridized carbons (Fsp3) is 0.318. The molecule has 164 valence electrons. The smallest absolute Gasteiger partial charge is 0.272 e. The molecule has 0 bridgehead atoms. The molecular formula is C22H23FN8O. The van der Waals surface area contributed by atoms with Crippen molar-refractivity contribution >= 4 is 23.0 Å². The fourth-order valence-electron chi connectivity index (χ4n) is 4.24. The maximum Gasteiger partial charge on any atom is 0.272 e. The van der Waals surface area contributed by atoms with E-state index in [-0.39, 0.29) is 24.0 Å². The number of halogens is 1. The molecule has 1 aliphatic carbocycles. The van der Waals surface area contributed by atoms with Gasteiger partial charge in [-0.05, 0) is 42.2 Å². The number of benzene rings is 1. The summed E-state index contributed by atoms with van der Waals surface area (Å²) in [7, 11) is 1.80. The largest absolute Gasteiger partial charge is 0.368 e. The van der Waals surface area contributed by atoms with E-state index in [2.05, 4.69) is 30.4 Å². The molecule has 1 amide bonds. The van der Waals surface area contributed by atoms with Crippen molar-refractivity contribution in [3.8, 4) is 11.1 Å². The second-order valence-electron chi connectivity index (χ2n) is 8.17. The molecule has 0 aliphatic heterocycles. The van der Waals surface area contributed by atoms with E-state index in [9.17, 15) is 9.18 Å². The van der Waals surface area contributed by atoms with Crippen molar-refractivity contribution in [1.29, 1.82) is 0 Å². The molecule has 0 saturated heterocycles. The monoisotopic (exact) mass is 434 g/mol. The highest BCUT2D eigenvalue weighted by Crippen LogP contribution is 2.33. The van der Waals surface area contributed by atoms with Crippen molar-refractivity contribution in [3.63, 3.8) is 0 Å². The summed E-state index contributed by atoms with van der Waals surface area (Å²) in [6.45, 7) is 0.124. The first-order chi connectivity index (χ1) is 15.5. The number of hydrogen-bond acceptors (Lipinski definition) is 6. The Morgan fingerprint density at radius 3 is 2.78 bits per heavy atom. The zero-order chi connectivity index (χ0) is 22.2. The average molecular weight is 434 g/mol. The SMILES string of the molecule is Cn1cc(-c2cc(F)cc(CNC(=O)c3nc(N)nc4nc(C5CCCC5)[nH]c34)c2)cn1. The molecule has 1 aliphatic rings. The van der Waals surface area contributed by atoms with Crippen molar-refractivity contribution in [2.24, 2.45) is 7.05 Å². The second-order valence-corrected chi connectivity index (χ2v) is 8.17. The summed E-state index contributed by atoms with van der Waals surface area (Å²) in [6.07, 6.45) is 7.91. The van der Waals surface area contributed by atoms with Gasteiger partial charge in [-0.3, -0.25) is 9.48 Å². The van der Waals surface area contributed by atoms with Crippen LogP contribution in [0.15, 0.2) is 30.6 Å². The van der Waals surface area contributed by atoms with Crippen molar-refractivity contribution in [2.75, 3.05) is 5.73 Å². The average Bonchev–Trinajstić information content (AvgIpc) is 3.51. The lowest BCUT2D eigenvalue weighted by Crippen LogP contribution is -2.25. The lowest BCUT2D eigenvalue weighted by Gasteiger charge is -2.08. The van der Waals surface area contributed by atoms with Crippen molar-refractivity contribution in [3.05, 3.63) is 53.5 Å². The number of aromatic amines is 1. The lowest BCUT2D eigenvalue weighted by molar-refractivity contribution is 0.0947. The Bertz CT molecular complexity index is 1300. The molecule has 10 heteroatoms. The Kier molecular flexibility index (Phi) is 5.04.